The molecule has 0 radical (unpaired) electrons. The summed E-state index contributed by atoms with van der Waals surface area (Å²) < 4.78 is 36.8. The number of hydrogen-bond acceptors (Lipinski definition) is 9. The van der Waals surface area contributed by atoms with Crippen molar-refractivity contribution in [2.24, 2.45) is 17.3 Å². The van der Waals surface area contributed by atoms with Crippen LogP contribution in [-0.2, 0) is 18.8 Å². The summed E-state index contributed by atoms with van der Waals surface area (Å²) in [7, 11) is -0.350. The first-order chi connectivity index (χ1) is 19.5. The molecule has 0 spiro atoms. The van der Waals surface area contributed by atoms with Crippen LogP contribution in [0.3, 0.4) is 0 Å². The molecule has 10 heteroatoms. The molecule has 6 fully saturated rings. The van der Waals surface area contributed by atoms with Crippen molar-refractivity contribution in [3.05, 3.63) is 23.3 Å². The van der Waals surface area contributed by atoms with Crippen molar-refractivity contribution in [2.45, 2.75) is 122 Å². The van der Waals surface area contributed by atoms with Gasteiger partial charge in [-0.25, -0.2) is 9.59 Å². The van der Waals surface area contributed by atoms with E-state index < -0.39 is 23.3 Å². The number of esters is 1. The molecule has 6 atom stereocenters. The van der Waals surface area contributed by atoms with E-state index in [1.54, 1.807) is 47.6 Å². The van der Waals surface area contributed by atoms with Crippen LogP contribution in [0.15, 0.2) is 12.1 Å². The maximum atomic E-state index is 13.7. The first-order valence-corrected chi connectivity index (χ1v) is 15.5. The average molecular weight is 584 g/mol. The highest BCUT2D eigenvalue weighted by Crippen LogP contribution is 2.68. The highest BCUT2D eigenvalue weighted by atomic mass is 16.7. The lowest BCUT2D eigenvalue weighted by Crippen LogP contribution is -2.65. The van der Waals surface area contributed by atoms with Crippen molar-refractivity contribution in [1.82, 2.24) is 5.32 Å². The normalized spacial score (nSPS) is 33.2. The van der Waals surface area contributed by atoms with Gasteiger partial charge in [-0.15, -0.1) is 0 Å². The molecule has 2 bridgehead atoms. The van der Waals surface area contributed by atoms with Gasteiger partial charge < -0.3 is 33.6 Å². The van der Waals surface area contributed by atoms with Crippen molar-refractivity contribution in [1.29, 1.82) is 0 Å². The Hall–Kier alpha value is -2.30. The number of nitrogens with one attached hydrogen (secondary N) is 1. The smallest absolute Gasteiger partial charge is 0.487 e. The van der Waals surface area contributed by atoms with Gasteiger partial charge in [0, 0.05) is 18.9 Å². The van der Waals surface area contributed by atoms with Crippen LogP contribution in [0.2, 0.25) is 5.82 Å². The minimum absolute atomic E-state index is 0.0280. The Morgan fingerprint density at radius 2 is 1.67 bits per heavy atom. The predicted octanol–water partition coefficient (Wildman–Crippen LogP) is 5.89. The van der Waals surface area contributed by atoms with Gasteiger partial charge in [-0.05, 0) is 103 Å². The summed E-state index contributed by atoms with van der Waals surface area (Å²) >= 11 is 0. The summed E-state index contributed by atoms with van der Waals surface area (Å²) in [5, 5.41) is 3.18. The van der Waals surface area contributed by atoms with Crippen LogP contribution < -0.4 is 14.8 Å². The molecule has 4 saturated carbocycles. The quantitative estimate of drug-likeness (QED) is 0.250. The molecule has 0 aromatic heterocycles. The third kappa shape index (κ3) is 5.32. The second-order valence-corrected chi connectivity index (χ2v) is 15.7. The molecule has 1 aromatic carbocycles. The van der Waals surface area contributed by atoms with Crippen molar-refractivity contribution in [2.75, 3.05) is 13.1 Å². The Labute approximate surface area is 249 Å². The minimum atomic E-state index is -0.887. The van der Waals surface area contributed by atoms with E-state index in [4.69, 9.17) is 28.3 Å². The molecule has 2 heterocycles. The lowest BCUT2D eigenvalue weighted by Gasteiger charge is -2.64. The zero-order chi connectivity index (χ0) is 30.4. The fraction of sp³-hybridized carbons (Fsp3) is 0.750. The Morgan fingerprint density at radius 3 is 2.26 bits per heavy atom. The Balaban J connectivity index is 1.32. The maximum Gasteiger partial charge on any atom is 0.514 e. The molecular weight excluding hydrogens is 537 g/mol. The average Bonchev–Trinajstić information content (AvgIpc) is 3.52. The highest BCUT2D eigenvalue weighted by molar-refractivity contribution is 6.49. The van der Waals surface area contributed by atoms with E-state index in [9.17, 15) is 9.59 Å². The van der Waals surface area contributed by atoms with E-state index in [2.05, 4.69) is 26.1 Å². The van der Waals surface area contributed by atoms with Gasteiger partial charge in [0.2, 0.25) is 0 Å². The molecular formula is C32H46BNO8. The van der Waals surface area contributed by atoms with Crippen LogP contribution in [0.5, 0.6) is 11.5 Å². The first-order valence-electron chi connectivity index (χ1n) is 15.5. The molecule has 1 aromatic rings. The predicted molar refractivity (Wildman–Crippen MR) is 157 cm³/mol. The molecule has 1 N–H and O–H groups in total. The molecule has 2 unspecified atom stereocenters. The molecule has 7 rings (SSSR count). The maximum absolute atomic E-state index is 13.7. The van der Waals surface area contributed by atoms with Crippen LogP contribution in [0.25, 0.3) is 0 Å². The van der Waals surface area contributed by atoms with Gasteiger partial charge in [-0.2, -0.15) is 0 Å². The summed E-state index contributed by atoms with van der Waals surface area (Å²) in [6.45, 7) is 19.0. The molecule has 230 valence electrons. The van der Waals surface area contributed by atoms with Gasteiger partial charge in [0.25, 0.3) is 0 Å². The second kappa shape index (κ2) is 9.86. The standard InChI is InChI=1S/C32H46BNO8/c1-29(2,3)39-27(35)25-22(37-18-15-34-16-18)11-10-19(26(25)38-28(36)40-30(4,5)6)20-14-21(20)33-41-24-13-17-12-23(31(17,7)8)32(24,9)42-33/h10-11,17-18,20-21,23-24,34H,12-16H2,1-9H3/t17-,20?,21?,23-,24+,32-/m0/s1. The minimum Gasteiger partial charge on any atom is -0.487 e. The first kappa shape index (κ1) is 29.8. The number of benzene rings is 1. The molecule has 42 heavy (non-hydrogen) atoms. The zero-order valence-corrected chi connectivity index (χ0v) is 26.5. The van der Waals surface area contributed by atoms with Gasteiger partial charge in [0.1, 0.15) is 28.6 Å². The van der Waals surface area contributed by atoms with Crippen molar-refractivity contribution < 1.29 is 37.8 Å². The lowest BCUT2D eigenvalue weighted by molar-refractivity contribution is -0.199. The van der Waals surface area contributed by atoms with E-state index in [1.807, 2.05) is 6.07 Å². The molecule has 9 nitrogen and oxygen atoms in total. The molecule has 2 aliphatic heterocycles. The van der Waals surface area contributed by atoms with Gasteiger partial charge in [-0.1, -0.05) is 19.9 Å². The summed E-state index contributed by atoms with van der Waals surface area (Å²) in [5.41, 5.74) is -0.760. The summed E-state index contributed by atoms with van der Waals surface area (Å²) in [6.07, 6.45) is 2.10. The van der Waals surface area contributed by atoms with E-state index >= 15 is 0 Å². The van der Waals surface area contributed by atoms with Crippen LogP contribution in [0.4, 0.5) is 4.79 Å². The zero-order valence-electron chi connectivity index (χ0n) is 26.5. The number of carbonyl (C=O) groups excluding carboxylic acids is 2. The molecule has 2 saturated heterocycles. The Kier molecular flexibility index (Phi) is 6.99. The number of ether oxygens (including phenoxy) is 4. The van der Waals surface area contributed by atoms with Crippen molar-refractivity contribution in [3.8, 4) is 11.5 Å². The van der Waals surface area contributed by atoms with E-state index in [0.29, 0.717) is 30.7 Å². The van der Waals surface area contributed by atoms with E-state index in [1.165, 1.54) is 6.42 Å². The number of hydrogen-bond donors (Lipinski definition) is 1. The van der Waals surface area contributed by atoms with Crippen LogP contribution in [-0.4, -0.2) is 61.3 Å². The summed E-state index contributed by atoms with van der Waals surface area (Å²) in [5.74, 6) is 1.02. The lowest BCUT2D eigenvalue weighted by atomic mass is 9.43. The van der Waals surface area contributed by atoms with Gasteiger partial charge in [0.15, 0.2) is 5.75 Å². The molecule has 6 aliphatic rings. The topological polar surface area (TPSA) is 102 Å². The Bertz CT molecular complexity index is 1260. The van der Waals surface area contributed by atoms with E-state index in [-0.39, 0.29) is 53.4 Å². The fourth-order valence-corrected chi connectivity index (χ4v) is 7.44. The van der Waals surface area contributed by atoms with E-state index in [0.717, 1.165) is 18.4 Å². The van der Waals surface area contributed by atoms with Crippen LogP contribution >= 0.6 is 0 Å². The monoisotopic (exact) mass is 583 g/mol. The Morgan fingerprint density at radius 1 is 0.976 bits per heavy atom. The third-order valence-electron chi connectivity index (χ3n) is 9.92. The van der Waals surface area contributed by atoms with Gasteiger partial charge in [0.05, 0.1) is 11.7 Å². The fourth-order valence-electron chi connectivity index (χ4n) is 7.44. The van der Waals surface area contributed by atoms with Crippen LogP contribution in [0.1, 0.15) is 103 Å². The second-order valence-electron chi connectivity index (χ2n) is 15.7. The van der Waals surface area contributed by atoms with Crippen LogP contribution in [0, 0.1) is 17.3 Å². The summed E-state index contributed by atoms with van der Waals surface area (Å²) in [4.78, 5) is 26.7. The van der Waals surface area contributed by atoms with Crippen molar-refractivity contribution >= 4 is 19.2 Å². The SMILES string of the molecule is CC(C)(C)OC(=O)Oc1c(C2CC2B2O[C@@H]3C[C@@H]4C[C@@H](C4(C)C)[C@]3(C)O2)ccc(OC2CNC2)c1C(=O)OC(C)(C)C. The number of carbonyl (C=O) groups is 2. The third-order valence-corrected chi connectivity index (χ3v) is 9.92. The molecule has 4 aliphatic carbocycles. The van der Waals surface area contributed by atoms with Crippen molar-refractivity contribution in [3.63, 3.8) is 0 Å². The largest absolute Gasteiger partial charge is 0.514 e. The van der Waals surface area contributed by atoms with Gasteiger partial charge >= 0.3 is 19.2 Å². The highest BCUT2D eigenvalue weighted by Gasteiger charge is 2.70. The molecule has 0 amide bonds. The van der Waals surface area contributed by atoms with Gasteiger partial charge in [-0.3, -0.25) is 0 Å². The summed E-state index contributed by atoms with van der Waals surface area (Å²) in [6, 6.07) is 3.68. The number of rotatable bonds is 6.